The molecule has 2 heterocycles. The van der Waals surface area contributed by atoms with Gasteiger partial charge in [0.1, 0.15) is 0 Å². The first-order chi connectivity index (χ1) is 69.2. The first-order valence-corrected chi connectivity index (χ1v) is 48.5. The zero-order valence-electron chi connectivity index (χ0n) is 77.7. The monoisotopic (exact) mass is 1780 g/mol. The molecule has 26 rings (SSSR count). The average molecular weight is 1780 g/mol. The maximum Gasteiger partial charge on any atom is 0.0541 e. The van der Waals surface area contributed by atoms with Crippen LogP contribution in [0.1, 0.15) is 11.1 Å². The SMILES string of the molecule is Cc1ccc2c(-c3ccc(-c4ccc(-c5ccc6c(c5)c5cc(-c7ccccc7)ccc5n6-c5ccccc5)cc4)cc3)c3cc(C)ccc3c(-c3ccccc3)c2c1.c1ccc(-c2ccc(-c3ccc(-c4c5ccc(-c6ccccc6)cc5c(-c5ccc(-c6ccc(-c7ccc8c(c7)c7cc(-c9ccccc9)ccc7n8-c7ccccc7)cc6)cc5)c5ccc(-c6ccccc6)cc45)cc3)cc2)cc1. The van der Waals surface area contributed by atoms with E-state index in [1.807, 2.05) is 0 Å². The van der Waals surface area contributed by atoms with Gasteiger partial charge in [-0.25, -0.2) is 0 Å². The summed E-state index contributed by atoms with van der Waals surface area (Å²) in [5.74, 6) is 0. The lowest BCUT2D eigenvalue weighted by Crippen LogP contribution is -1.93. The number of fused-ring (bicyclic) bond motifs is 10. The van der Waals surface area contributed by atoms with Gasteiger partial charge in [0.2, 0.25) is 0 Å². The normalized spacial score (nSPS) is 11.5. The largest absolute Gasteiger partial charge is 0.309 e. The minimum Gasteiger partial charge on any atom is -0.309 e. The lowest BCUT2D eigenvalue weighted by Gasteiger charge is -2.20. The summed E-state index contributed by atoms with van der Waals surface area (Å²) < 4.78 is 4.79. The molecule has 0 amide bonds. The Morgan fingerprint density at radius 2 is 0.257 bits per heavy atom. The van der Waals surface area contributed by atoms with Gasteiger partial charge in [-0.05, 0) is 298 Å². The molecule has 656 valence electrons. The fourth-order valence-corrected chi connectivity index (χ4v) is 21.6. The third-order valence-electron chi connectivity index (χ3n) is 28.5. The van der Waals surface area contributed by atoms with E-state index in [2.05, 4.69) is 557 Å². The molecular formula is C138H94N2. The lowest BCUT2D eigenvalue weighted by atomic mass is 9.83. The van der Waals surface area contributed by atoms with Crippen molar-refractivity contribution in [2.45, 2.75) is 13.8 Å². The van der Waals surface area contributed by atoms with Gasteiger partial charge in [-0.3, -0.25) is 0 Å². The van der Waals surface area contributed by atoms with Gasteiger partial charge in [0.05, 0.1) is 22.1 Å². The van der Waals surface area contributed by atoms with Crippen LogP contribution in [0.2, 0.25) is 0 Å². The standard InChI is InChI=1S/C80H53N.C58H41N/c1-6-16-54(17-7-1)58-26-28-59(29-27-58)61-34-38-64(39-35-61)79-71-46-42-67(56-20-10-3-11-21-56)53-76(71)80(72-47-43-66(52-75(72)79)55-18-8-2-9-19-55)65-40-36-62(37-41-65)60-30-32-63(33-31-60)69-45-49-78-74(51-69)73-50-68(57-22-12-4-13-23-57)44-48-77(73)81(78)70-24-14-5-15-25-70;1-38-19-31-50-53(34-38)57(44-14-8-4-9-15-44)49-30-18-39(2)35-54(49)58(50)45-26-24-42(25-27-45)41-20-22-43(23-21-41)47-29-33-56-52(37-47)51-36-46(40-12-6-3-7-13-40)28-32-55(51)59(56)48-16-10-5-11-17-48/h1-53H;3-37H,1-2H3. The van der Waals surface area contributed by atoms with Gasteiger partial charge in [0, 0.05) is 32.9 Å². The number of nitrogens with zero attached hydrogens (tertiary/aromatic N) is 2. The molecule has 2 nitrogen and oxygen atoms in total. The Morgan fingerprint density at radius 1 is 0.107 bits per heavy atom. The molecule has 26 aromatic rings. The molecule has 0 atom stereocenters. The molecule has 2 heteroatoms. The number of para-hydroxylation sites is 2. The highest BCUT2D eigenvalue weighted by atomic mass is 15.0. The van der Waals surface area contributed by atoms with Crippen molar-refractivity contribution in [3.05, 3.63) is 545 Å². The maximum atomic E-state index is 2.42. The van der Waals surface area contributed by atoms with Crippen LogP contribution in [0.4, 0.5) is 0 Å². The van der Waals surface area contributed by atoms with Crippen LogP contribution < -0.4 is 0 Å². The number of rotatable bonds is 16. The van der Waals surface area contributed by atoms with E-state index < -0.39 is 0 Å². The molecule has 0 bridgehead atoms. The molecule has 0 saturated carbocycles. The number of hydrogen-bond donors (Lipinski definition) is 0. The summed E-state index contributed by atoms with van der Waals surface area (Å²) in [7, 11) is 0. The van der Waals surface area contributed by atoms with Crippen LogP contribution in [0.15, 0.2) is 534 Å². The van der Waals surface area contributed by atoms with Crippen molar-refractivity contribution in [2.24, 2.45) is 0 Å². The quantitative estimate of drug-likeness (QED) is 0.0854. The molecule has 140 heavy (non-hydrogen) atoms. The Balaban J connectivity index is 0.000000155. The Hall–Kier alpha value is -18.1. The molecule has 0 N–H and O–H groups in total. The molecule has 0 saturated heterocycles. The molecule has 0 spiro atoms. The molecule has 0 aliphatic carbocycles. The van der Waals surface area contributed by atoms with Crippen molar-refractivity contribution < 1.29 is 0 Å². The Morgan fingerprint density at radius 3 is 0.493 bits per heavy atom. The highest BCUT2D eigenvalue weighted by Gasteiger charge is 2.24. The van der Waals surface area contributed by atoms with Crippen LogP contribution in [0.25, 0.3) is 254 Å². The third-order valence-corrected chi connectivity index (χ3v) is 28.5. The van der Waals surface area contributed by atoms with E-state index in [4.69, 9.17) is 0 Å². The summed E-state index contributed by atoms with van der Waals surface area (Å²) in [6.07, 6.45) is 0. The van der Waals surface area contributed by atoms with Crippen LogP contribution >= 0.6 is 0 Å². The molecule has 0 aliphatic rings. The topological polar surface area (TPSA) is 9.86 Å². The van der Waals surface area contributed by atoms with Crippen molar-refractivity contribution in [1.82, 2.24) is 9.13 Å². The average Bonchev–Trinajstić information content (AvgIpc) is 1.37. The van der Waals surface area contributed by atoms with Crippen molar-refractivity contribution in [3.63, 3.8) is 0 Å². The van der Waals surface area contributed by atoms with Gasteiger partial charge in [-0.1, -0.05) is 460 Å². The van der Waals surface area contributed by atoms with Crippen LogP contribution in [0, 0.1) is 13.8 Å². The van der Waals surface area contributed by atoms with Crippen LogP contribution in [-0.2, 0) is 0 Å². The van der Waals surface area contributed by atoms with Crippen molar-refractivity contribution >= 4 is 86.7 Å². The first kappa shape index (κ1) is 83.7. The number of hydrogen-bond acceptors (Lipinski definition) is 0. The van der Waals surface area contributed by atoms with Crippen LogP contribution in [0.3, 0.4) is 0 Å². The summed E-state index contributed by atoms with van der Waals surface area (Å²) in [6, 6.07) is 196. The number of benzene rings is 24. The summed E-state index contributed by atoms with van der Waals surface area (Å²) in [5.41, 5.74) is 43.6. The Kier molecular flexibility index (Phi) is 21.5. The van der Waals surface area contributed by atoms with Gasteiger partial charge in [0.15, 0.2) is 0 Å². The molecule has 2 aromatic heterocycles. The first-order valence-electron chi connectivity index (χ1n) is 48.5. The van der Waals surface area contributed by atoms with E-state index >= 15 is 0 Å². The Labute approximate surface area is 815 Å². The van der Waals surface area contributed by atoms with Crippen molar-refractivity contribution in [3.8, 4) is 167 Å². The third kappa shape index (κ3) is 15.6. The van der Waals surface area contributed by atoms with Gasteiger partial charge >= 0.3 is 0 Å². The minimum absolute atomic E-state index is 1.16. The van der Waals surface area contributed by atoms with E-state index in [0.29, 0.717) is 0 Å². The van der Waals surface area contributed by atoms with E-state index in [0.717, 1.165) is 5.69 Å². The van der Waals surface area contributed by atoms with Gasteiger partial charge in [0.25, 0.3) is 0 Å². The second kappa shape index (κ2) is 36.0. The van der Waals surface area contributed by atoms with Gasteiger partial charge in [-0.15, -0.1) is 0 Å². The van der Waals surface area contributed by atoms with Gasteiger partial charge in [-0.2, -0.15) is 0 Å². The summed E-state index contributed by atoms with van der Waals surface area (Å²) in [6.45, 7) is 4.39. The highest BCUT2D eigenvalue weighted by molar-refractivity contribution is 6.24. The molecule has 0 radical (unpaired) electrons. The van der Waals surface area contributed by atoms with E-state index in [1.54, 1.807) is 0 Å². The molecule has 0 aliphatic heterocycles. The second-order valence-corrected chi connectivity index (χ2v) is 37.0. The number of aryl methyl sites for hydroxylation is 2. The van der Waals surface area contributed by atoms with E-state index in [9.17, 15) is 0 Å². The number of aromatic nitrogens is 2. The van der Waals surface area contributed by atoms with Gasteiger partial charge < -0.3 is 9.13 Å². The second-order valence-electron chi connectivity index (χ2n) is 37.0. The molecule has 0 unspecified atom stereocenters. The fourth-order valence-electron chi connectivity index (χ4n) is 21.6. The molecule has 24 aromatic carbocycles. The van der Waals surface area contributed by atoms with E-state index in [1.165, 1.54) is 259 Å². The zero-order valence-corrected chi connectivity index (χ0v) is 77.7. The predicted molar refractivity (Wildman–Crippen MR) is 597 cm³/mol. The zero-order chi connectivity index (χ0) is 93.1. The maximum absolute atomic E-state index is 2.42. The van der Waals surface area contributed by atoms with Crippen molar-refractivity contribution in [2.75, 3.05) is 0 Å². The smallest absolute Gasteiger partial charge is 0.0541 e. The minimum atomic E-state index is 1.16. The lowest BCUT2D eigenvalue weighted by molar-refractivity contribution is 1.18. The van der Waals surface area contributed by atoms with Crippen LogP contribution in [0.5, 0.6) is 0 Å². The van der Waals surface area contributed by atoms with Crippen LogP contribution in [-0.4, -0.2) is 9.13 Å². The predicted octanol–water partition coefficient (Wildman–Crippen LogP) is 38.1. The highest BCUT2D eigenvalue weighted by Crippen LogP contribution is 2.50. The van der Waals surface area contributed by atoms with E-state index in [-0.39, 0.29) is 0 Å². The fraction of sp³-hybridized carbons (Fsp3) is 0.0145. The molecule has 0 fully saturated rings. The van der Waals surface area contributed by atoms with Crippen molar-refractivity contribution in [1.29, 1.82) is 0 Å². The summed E-state index contributed by atoms with van der Waals surface area (Å²) in [5, 5.41) is 15.0. The Bertz CT molecular complexity index is 9160. The summed E-state index contributed by atoms with van der Waals surface area (Å²) in [4.78, 5) is 0. The summed E-state index contributed by atoms with van der Waals surface area (Å²) >= 11 is 0. The molecular weight excluding hydrogens is 1690 g/mol.